The van der Waals surface area contributed by atoms with Gasteiger partial charge in [0, 0.05) is 18.3 Å². The Morgan fingerprint density at radius 2 is 2.00 bits per heavy atom. The predicted octanol–water partition coefficient (Wildman–Crippen LogP) is 1.57. The molecule has 0 spiro atoms. The zero-order valence-electron chi connectivity index (χ0n) is 13.2. The number of hydrogen-bond acceptors (Lipinski definition) is 4. The van der Waals surface area contributed by atoms with Crippen LogP contribution in [0.3, 0.4) is 0 Å². The van der Waals surface area contributed by atoms with Crippen molar-refractivity contribution in [1.29, 1.82) is 0 Å². The van der Waals surface area contributed by atoms with Crippen LogP contribution in [0.25, 0.3) is 0 Å². The highest BCUT2D eigenvalue weighted by atomic mass is 32.2. The number of sulfonamides is 1. The highest BCUT2D eigenvalue weighted by Crippen LogP contribution is 2.28. The van der Waals surface area contributed by atoms with Gasteiger partial charge in [-0.2, -0.15) is 0 Å². The van der Waals surface area contributed by atoms with Gasteiger partial charge in [0.1, 0.15) is 0 Å². The van der Waals surface area contributed by atoms with Gasteiger partial charge in [0.25, 0.3) is 0 Å². The van der Waals surface area contributed by atoms with E-state index in [0.717, 1.165) is 30.5 Å². The van der Waals surface area contributed by atoms with Gasteiger partial charge >= 0.3 is 0 Å². The van der Waals surface area contributed by atoms with Crippen molar-refractivity contribution < 1.29 is 8.42 Å². The van der Waals surface area contributed by atoms with Crippen molar-refractivity contribution in [3.63, 3.8) is 0 Å². The molecule has 5 nitrogen and oxygen atoms in total. The monoisotopic (exact) mass is 311 g/mol. The van der Waals surface area contributed by atoms with E-state index < -0.39 is 10.0 Å². The summed E-state index contributed by atoms with van der Waals surface area (Å²) >= 11 is 0. The van der Waals surface area contributed by atoms with Crippen LogP contribution in [0.4, 0.5) is 5.69 Å². The zero-order valence-corrected chi connectivity index (χ0v) is 14.0. The molecule has 3 N–H and O–H groups in total. The summed E-state index contributed by atoms with van der Waals surface area (Å²) in [4.78, 5) is 2.54. The van der Waals surface area contributed by atoms with E-state index in [-0.39, 0.29) is 6.04 Å². The number of nitrogens with two attached hydrogens (primary N) is 1. The Bertz CT molecular complexity index is 615. The number of nitrogens with zero attached hydrogens (tertiary/aromatic N) is 1. The number of nitrogen functional groups attached to an aromatic ring is 1. The average Bonchev–Trinajstić information content (AvgIpc) is 2.80. The minimum Gasteiger partial charge on any atom is -0.398 e. The van der Waals surface area contributed by atoms with Gasteiger partial charge < -0.3 is 10.6 Å². The van der Waals surface area contributed by atoms with Crippen molar-refractivity contribution in [2.45, 2.75) is 44.6 Å². The lowest BCUT2D eigenvalue weighted by atomic mass is 10.1. The molecule has 1 aliphatic rings. The molecular weight excluding hydrogens is 286 g/mol. The van der Waals surface area contributed by atoms with E-state index in [9.17, 15) is 8.42 Å². The normalized spacial score (nSPS) is 20.1. The standard InChI is InChI=1S/C15H25N3O2S/c1-10-8-14(16)12(3)15(11(10)2)21(19,20)17-9-13-6-5-7-18(13)4/h8,13,17H,5-7,9,16H2,1-4H3. The molecule has 1 fully saturated rings. The number of rotatable bonds is 4. The summed E-state index contributed by atoms with van der Waals surface area (Å²) in [5.41, 5.74) is 8.75. The summed E-state index contributed by atoms with van der Waals surface area (Å²) in [5, 5.41) is 0. The fourth-order valence-corrected chi connectivity index (χ4v) is 4.60. The fraction of sp³-hybridized carbons (Fsp3) is 0.600. The van der Waals surface area contributed by atoms with Crippen LogP contribution in [-0.4, -0.2) is 39.5 Å². The van der Waals surface area contributed by atoms with Gasteiger partial charge in [-0.25, -0.2) is 13.1 Å². The first-order valence-electron chi connectivity index (χ1n) is 7.30. The second-order valence-corrected chi connectivity index (χ2v) is 7.69. The Labute approximate surface area is 127 Å². The fourth-order valence-electron chi connectivity index (χ4n) is 2.96. The Balaban J connectivity index is 2.28. The lowest BCUT2D eigenvalue weighted by Gasteiger charge is -2.21. The summed E-state index contributed by atoms with van der Waals surface area (Å²) in [6.07, 6.45) is 2.16. The maximum absolute atomic E-state index is 12.7. The van der Waals surface area contributed by atoms with E-state index in [2.05, 4.69) is 9.62 Å². The Kier molecular flexibility index (Phi) is 4.60. The van der Waals surface area contributed by atoms with Crippen LogP contribution in [0.1, 0.15) is 29.5 Å². The van der Waals surface area contributed by atoms with Gasteiger partial charge in [-0.05, 0) is 70.0 Å². The smallest absolute Gasteiger partial charge is 0.241 e. The largest absolute Gasteiger partial charge is 0.398 e. The highest BCUT2D eigenvalue weighted by molar-refractivity contribution is 7.89. The first kappa shape index (κ1) is 16.3. The quantitative estimate of drug-likeness (QED) is 0.828. The van der Waals surface area contributed by atoms with Crippen LogP contribution in [0.2, 0.25) is 0 Å². The molecule has 1 aliphatic heterocycles. The third-order valence-corrected chi connectivity index (χ3v) is 6.22. The summed E-state index contributed by atoms with van der Waals surface area (Å²) < 4.78 is 28.1. The van der Waals surface area contributed by atoms with Gasteiger partial charge in [-0.1, -0.05) is 0 Å². The highest BCUT2D eigenvalue weighted by Gasteiger charge is 2.26. The van der Waals surface area contributed by atoms with E-state index in [4.69, 9.17) is 5.73 Å². The number of likely N-dealkylation sites (N-methyl/N-ethyl adjacent to an activating group) is 1. The summed E-state index contributed by atoms with van der Waals surface area (Å²) in [7, 11) is -1.50. The maximum Gasteiger partial charge on any atom is 0.241 e. The molecule has 1 atom stereocenters. The van der Waals surface area contributed by atoms with Gasteiger partial charge in [0.05, 0.1) is 4.90 Å². The third kappa shape index (κ3) is 3.22. The molecule has 2 rings (SSSR count). The maximum atomic E-state index is 12.7. The minimum atomic E-state index is -3.53. The number of hydrogen-bond donors (Lipinski definition) is 2. The van der Waals surface area contributed by atoms with Crippen LogP contribution in [0, 0.1) is 20.8 Å². The second kappa shape index (κ2) is 5.94. The van der Waals surface area contributed by atoms with Gasteiger partial charge in [0.15, 0.2) is 0 Å². The van der Waals surface area contributed by atoms with Crippen LogP contribution in [0.15, 0.2) is 11.0 Å². The SMILES string of the molecule is Cc1cc(N)c(C)c(S(=O)(=O)NCC2CCCN2C)c1C. The topological polar surface area (TPSA) is 75.4 Å². The summed E-state index contributed by atoms with van der Waals surface area (Å²) in [6, 6.07) is 2.11. The Morgan fingerprint density at radius 3 is 2.57 bits per heavy atom. The number of aryl methyl sites for hydroxylation is 1. The molecule has 0 radical (unpaired) electrons. The third-order valence-electron chi connectivity index (χ3n) is 4.53. The average molecular weight is 311 g/mol. The van der Waals surface area contributed by atoms with Gasteiger partial charge in [0.2, 0.25) is 10.0 Å². The van der Waals surface area contributed by atoms with Crippen molar-refractivity contribution >= 4 is 15.7 Å². The second-order valence-electron chi connectivity index (χ2n) is 5.99. The summed E-state index contributed by atoms with van der Waals surface area (Å²) in [5.74, 6) is 0. The summed E-state index contributed by atoms with van der Waals surface area (Å²) in [6.45, 7) is 6.96. The van der Waals surface area contributed by atoms with E-state index in [1.54, 1.807) is 6.92 Å². The molecule has 1 unspecified atom stereocenters. The number of anilines is 1. The molecule has 118 valence electrons. The number of benzene rings is 1. The Morgan fingerprint density at radius 1 is 1.33 bits per heavy atom. The Hall–Kier alpha value is -1.11. The van der Waals surface area contributed by atoms with Crippen LogP contribution in [-0.2, 0) is 10.0 Å². The van der Waals surface area contributed by atoms with Crippen molar-refractivity contribution in [1.82, 2.24) is 9.62 Å². The van der Waals surface area contributed by atoms with Crippen molar-refractivity contribution in [2.24, 2.45) is 0 Å². The van der Waals surface area contributed by atoms with Crippen LogP contribution < -0.4 is 10.5 Å². The minimum absolute atomic E-state index is 0.280. The molecule has 0 saturated carbocycles. The first-order chi connectivity index (χ1) is 9.74. The predicted molar refractivity (Wildman–Crippen MR) is 85.9 cm³/mol. The first-order valence-corrected chi connectivity index (χ1v) is 8.78. The molecule has 0 aromatic heterocycles. The molecule has 21 heavy (non-hydrogen) atoms. The molecular formula is C15H25N3O2S. The van der Waals surface area contributed by atoms with Crippen molar-refractivity contribution in [2.75, 3.05) is 25.9 Å². The lowest BCUT2D eigenvalue weighted by Crippen LogP contribution is -2.38. The molecule has 1 aromatic rings. The molecule has 0 bridgehead atoms. The molecule has 0 aliphatic carbocycles. The molecule has 1 aromatic carbocycles. The van der Waals surface area contributed by atoms with Crippen LogP contribution in [0.5, 0.6) is 0 Å². The molecule has 0 amide bonds. The van der Waals surface area contributed by atoms with Gasteiger partial charge in [-0.3, -0.25) is 0 Å². The van der Waals surface area contributed by atoms with E-state index >= 15 is 0 Å². The number of nitrogens with one attached hydrogen (secondary N) is 1. The molecule has 6 heteroatoms. The van der Waals surface area contributed by atoms with Gasteiger partial charge in [-0.15, -0.1) is 0 Å². The van der Waals surface area contributed by atoms with E-state index in [1.165, 1.54) is 0 Å². The van der Waals surface area contributed by atoms with Crippen molar-refractivity contribution in [3.8, 4) is 0 Å². The number of likely N-dealkylation sites (tertiary alicyclic amines) is 1. The molecule has 1 heterocycles. The van der Waals surface area contributed by atoms with E-state index in [1.807, 2.05) is 27.0 Å². The van der Waals surface area contributed by atoms with E-state index in [0.29, 0.717) is 22.7 Å². The lowest BCUT2D eigenvalue weighted by molar-refractivity contribution is 0.311. The molecule has 1 saturated heterocycles. The zero-order chi connectivity index (χ0) is 15.8. The van der Waals surface area contributed by atoms with Crippen molar-refractivity contribution in [3.05, 3.63) is 22.8 Å². The van der Waals surface area contributed by atoms with Crippen LogP contribution >= 0.6 is 0 Å².